The Morgan fingerprint density at radius 1 is 1.04 bits per heavy atom. The van der Waals surface area contributed by atoms with E-state index in [4.69, 9.17) is 0 Å². The van der Waals surface area contributed by atoms with Crippen molar-refractivity contribution in [3.8, 4) is 5.75 Å². The third-order valence-electron chi connectivity index (χ3n) is 3.33. The molecule has 0 aliphatic rings. The Bertz CT molecular complexity index is 824. The summed E-state index contributed by atoms with van der Waals surface area (Å²) in [5, 5.41) is 3.19. The molecule has 0 aliphatic carbocycles. The summed E-state index contributed by atoms with van der Waals surface area (Å²) in [5.74, 6) is 0.810. The van der Waals surface area contributed by atoms with Crippen molar-refractivity contribution in [2.24, 2.45) is 0 Å². The lowest BCUT2D eigenvalue weighted by Gasteiger charge is -2.10. The highest BCUT2D eigenvalue weighted by Gasteiger charge is 2.07. The molecule has 0 spiro atoms. The predicted octanol–water partition coefficient (Wildman–Crippen LogP) is 4.15. The Kier molecular flexibility index (Phi) is 4.32. The minimum Gasteiger partial charge on any atom is -0.435 e. The highest BCUT2D eigenvalue weighted by molar-refractivity contribution is 5.76. The summed E-state index contributed by atoms with van der Waals surface area (Å²) in [5.41, 5.74) is 3.24. The molecule has 23 heavy (non-hydrogen) atoms. The maximum absolute atomic E-state index is 12.2. The van der Waals surface area contributed by atoms with Gasteiger partial charge in [-0.2, -0.15) is 8.78 Å². The minimum absolute atomic E-state index is 0.139. The average molecular weight is 315 g/mol. The van der Waals surface area contributed by atoms with Gasteiger partial charge in [0.25, 0.3) is 0 Å². The van der Waals surface area contributed by atoms with Crippen LogP contribution in [0.3, 0.4) is 0 Å². The van der Waals surface area contributed by atoms with E-state index in [9.17, 15) is 8.78 Å². The zero-order valence-electron chi connectivity index (χ0n) is 12.5. The van der Waals surface area contributed by atoms with Crippen molar-refractivity contribution in [1.82, 2.24) is 9.97 Å². The molecule has 0 unspecified atom stereocenters. The largest absolute Gasteiger partial charge is 0.435 e. The molecule has 0 atom stereocenters. The van der Waals surface area contributed by atoms with E-state index in [1.807, 2.05) is 37.3 Å². The third-order valence-corrected chi connectivity index (χ3v) is 3.33. The molecule has 0 saturated heterocycles. The number of aryl methyl sites for hydroxylation is 1. The average Bonchev–Trinajstić information content (AvgIpc) is 2.52. The van der Waals surface area contributed by atoms with Crippen LogP contribution in [0.2, 0.25) is 0 Å². The van der Waals surface area contributed by atoms with Crippen LogP contribution in [0.1, 0.15) is 11.3 Å². The van der Waals surface area contributed by atoms with Gasteiger partial charge in [-0.15, -0.1) is 0 Å². The lowest BCUT2D eigenvalue weighted by molar-refractivity contribution is -0.0498. The fourth-order valence-electron chi connectivity index (χ4n) is 2.27. The van der Waals surface area contributed by atoms with Gasteiger partial charge < -0.3 is 10.1 Å². The molecule has 3 rings (SSSR count). The van der Waals surface area contributed by atoms with Crippen molar-refractivity contribution in [3.63, 3.8) is 0 Å². The van der Waals surface area contributed by atoms with Crippen LogP contribution in [-0.4, -0.2) is 16.6 Å². The van der Waals surface area contributed by atoms with Gasteiger partial charge in [0.1, 0.15) is 11.6 Å². The first kappa shape index (κ1) is 15.1. The molecule has 0 radical (unpaired) electrons. The number of benzene rings is 2. The van der Waals surface area contributed by atoms with Gasteiger partial charge >= 0.3 is 6.61 Å². The standard InChI is InChI=1S/C17H15F2N3O/c1-11-16(22-15-8-3-2-7-14(15)21-11)20-10-12-5-4-6-13(9-12)23-17(18)19/h2-9,17H,10H2,1H3,(H,20,22). The smallest absolute Gasteiger partial charge is 0.387 e. The fourth-order valence-corrected chi connectivity index (χ4v) is 2.27. The lowest BCUT2D eigenvalue weighted by atomic mass is 10.2. The Balaban J connectivity index is 1.76. The Hall–Kier alpha value is -2.76. The van der Waals surface area contributed by atoms with Crippen LogP contribution < -0.4 is 10.1 Å². The molecular formula is C17H15F2N3O. The van der Waals surface area contributed by atoms with Gasteiger partial charge in [-0.05, 0) is 36.8 Å². The number of nitrogens with zero attached hydrogens (tertiary/aromatic N) is 2. The van der Waals surface area contributed by atoms with Crippen molar-refractivity contribution >= 4 is 16.9 Å². The highest BCUT2D eigenvalue weighted by Crippen LogP contribution is 2.19. The van der Waals surface area contributed by atoms with Crippen LogP contribution in [0.15, 0.2) is 48.5 Å². The van der Waals surface area contributed by atoms with E-state index in [2.05, 4.69) is 20.0 Å². The molecule has 0 bridgehead atoms. The van der Waals surface area contributed by atoms with Crippen molar-refractivity contribution in [1.29, 1.82) is 0 Å². The summed E-state index contributed by atoms with van der Waals surface area (Å²) in [6, 6.07) is 14.2. The predicted molar refractivity (Wildman–Crippen MR) is 84.7 cm³/mol. The highest BCUT2D eigenvalue weighted by atomic mass is 19.3. The lowest BCUT2D eigenvalue weighted by Crippen LogP contribution is -2.06. The zero-order chi connectivity index (χ0) is 16.2. The van der Waals surface area contributed by atoms with Crippen LogP contribution in [0.5, 0.6) is 5.75 Å². The van der Waals surface area contributed by atoms with Gasteiger partial charge in [-0.3, -0.25) is 0 Å². The van der Waals surface area contributed by atoms with E-state index in [0.717, 1.165) is 22.3 Å². The topological polar surface area (TPSA) is 47.0 Å². The second-order valence-electron chi connectivity index (χ2n) is 5.03. The fraction of sp³-hybridized carbons (Fsp3) is 0.176. The first-order valence-corrected chi connectivity index (χ1v) is 7.13. The quantitative estimate of drug-likeness (QED) is 0.768. The number of halogens is 2. The maximum Gasteiger partial charge on any atom is 0.387 e. The SMILES string of the molecule is Cc1nc2ccccc2nc1NCc1cccc(OC(F)F)c1. The van der Waals surface area contributed by atoms with E-state index < -0.39 is 6.61 Å². The van der Waals surface area contributed by atoms with E-state index in [0.29, 0.717) is 12.4 Å². The second-order valence-corrected chi connectivity index (χ2v) is 5.03. The van der Waals surface area contributed by atoms with Gasteiger partial charge in [-0.1, -0.05) is 24.3 Å². The number of rotatable bonds is 5. The molecular weight excluding hydrogens is 300 g/mol. The molecule has 1 aromatic heterocycles. The monoisotopic (exact) mass is 315 g/mol. The van der Waals surface area contributed by atoms with E-state index in [1.165, 1.54) is 6.07 Å². The van der Waals surface area contributed by atoms with Crippen LogP contribution in [0, 0.1) is 6.92 Å². The molecule has 0 fully saturated rings. The first-order valence-electron chi connectivity index (χ1n) is 7.13. The molecule has 0 amide bonds. The number of ether oxygens (including phenoxy) is 1. The number of para-hydroxylation sites is 2. The number of fused-ring (bicyclic) bond motifs is 1. The van der Waals surface area contributed by atoms with Crippen molar-refractivity contribution in [3.05, 3.63) is 59.8 Å². The summed E-state index contributed by atoms with van der Waals surface area (Å²) in [6.07, 6.45) is 0. The number of nitrogens with one attached hydrogen (secondary N) is 1. The number of hydrogen-bond donors (Lipinski definition) is 1. The molecule has 2 aromatic carbocycles. The van der Waals surface area contributed by atoms with Gasteiger partial charge in [-0.25, -0.2) is 9.97 Å². The molecule has 3 aromatic rings. The number of hydrogen-bond acceptors (Lipinski definition) is 4. The Morgan fingerprint density at radius 3 is 2.52 bits per heavy atom. The molecule has 118 valence electrons. The summed E-state index contributed by atoms with van der Waals surface area (Å²) in [4.78, 5) is 9.03. The first-order chi connectivity index (χ1) is 11.1. The summed E-state index contributed by atoms with van der Waals surface area (Å²) >= 11 is 0. The minimum atomic E-state index is -2.83. The molecule has 4 nitrogen and oxygen atoms in total. The van der Waals surface area contributed by atoms with Crippen LogP contribution in [0.4, 0.5) is 14.6 Å². The zero-order valence-corrected chi connectivity index (χ0v) is 12.5. The van der Waals surface area contributed by atoms with Gasteiger partial charge in [0, 0.05) is 6.54 Å². The normalized spacial score (nSPS) is 11.0. The van der Waals surface area contributed by atoms with E-state index in [1.54, 1.807) is 12.1 Å². The third kappa shape index (κ3) is 3.71. The van der Waals surface area contributed by atoms with Crippen LogP contribution in [0.25, 0.3) is 11.0 Å². The van der Waals surface area contributed by atoms with Crippen LogP contribution in [-0.2, 0) is 6.54 Å². The molecule has 0 saturated carbocycles. The van der Waals surface area contributed by atoms with Crippen LogP contribution >= 0.6 is 0 Å². The second kappa shape index (κ2) is 6.56. The number of aromatic nitrogens is 2. The van der Waals surface area contributed by atoms with Gasteiger partial charge in [0.2, 0.25) is 0 Å². The number of anilines is 1. The summed E-state index contributed by atoms with van der Waals surface area (Å²) in [6.45, 7) is -0.515. The maximum atomic E-state index is 12.2. The summed E-state index contributed by atoms with van der Waals surface area (Å²) < 4.78 is 28.9. The van der Waals surface area contributed by atoms with Gasteiger partial charge in [0.15, 0.2) is 0 Å². The van der Waals surface area contributed by atoms with E-state index >= 15 is 0 Å². The molecule has 0 aliphatic heterocycles. The number of alkyl halides is 2. The van der Waals surface area contributed by atoms with Crippen molar-refractivity contribution in [2.75, 3.05) is 5.32 Å². The van der Waals surface area contributed by atoms with Gasteiger partial charge in [0.05, 0.1) is 16.7 Å². The van der Waals surface area contributed by atoms with Crippen molar-refractivity contribution < 1.29 is 13.5 Å². The molecule has 6 heteroatoms. The van der Waals surface area contributed by atoms with Crippen molar-refractivity contribution in [2.45, 2.75) is 20.1 Å². The van der Waals surface area contributed by atoms with E-state index in [-0.39, 0.29) is 5.75 Å². The molecule has 1 N–H and O–H groups in total. The Labute approximate surface area is 132 Å². The summed E-state index contributed by atoms with van der Waals surface area (Å²) in [7, 11) is 0. The Morgan fingerprint density at radius 2 is 1.78 bits per heavy atom. The molecule has 1 heterocycles.